The minimum atomic E-state index is -0.328. The summed E-state index contributed by atoms with van der Waals surface area (Å²) < 4.78 is 34.1. The van der Waals surface area contributed by atoms with Gasteiger partial charge in [-0.2, -0.15) is 0 Å². The van der Waals surface area contributed by atoms with Crippen LogP contribution in [0.2, 0.25) is 5.04 Å². The van der Waals surface area contributed by atoms with E-state index in [0.717, 1.165) is 22.3 Å². The molecular weight excluding hydrogens is 466 g/mol. The topological polar surface area (TPSA) is 88.0 Å². The van der Waals surface area contributed by atoms with E-state index < -0.39 is 0 Å². The maximum absolute atomic E-state index is 10.0. The molecule has 35 heavy (non-hydrogen) atoms. The molecule has 0 fully saturated rings. The van der Waals surface area contributed by atoms with E-state index in [1.807, 2.05) is 30.3 Å². The van der Waals surface area contributed by atoms with Crippen LogP contribution in [0.1, 0.15) is 38.3 Å². The molecule has 0 heterocycles. The van der Waals surface area contributed by atoms with Crippen LogP contribution in [0.15, 0.2) is 35.5 Å². The molecule has 0 bridgehead atoms. The van der Waals surface area contributed by atoms with Crippen LogP contribution in [0, 0.1) is 0 Å². The highest BCUT2D eigenvalue weighted by Crippen LogP contribution is 2.46. The monoisotopic (exact) mass is 499 g/mol. The van der Waals surface area contributed by atoms with Crippen molar-refractivity contribution in [1.82, 2.24) is 0 Å². The van der Waals surface area contributed by atoms with Crippen LogP contribution in [0.25, 0.3) is 11.1 Å². The van der Waals surface area contributed by atoms with E-state index in [0.29, 0.717) is 40.9 Å². The van der Waals surface area contributed by atoms with E-state index in [1.54, 1.807) is 35.5 Å². The number of ether oxygens (including phenoxy) is 5. The molecule has 1 unspecified atom stereocenters. The second kappa shape index (κ2) is 11.0. The van der Waals surface area contributed by atoms with Crippen molar-refractivity contribution in [1.29, 1.82) is 0 Å². The first kappa shape index (κ1) is 26.4. The normalized spacial score (nSPS) is 17.0. The maximum atomic E-state index is 10.0. The smallest absolute Gasteiger partial charge is 0.236 e. The Bertz CT molecular complexity index is 1100. The van der Waals surface area contributed by atoms with Crippen LogP contribution < -0.4 is 23.7 Å². The summed E-state index contributed by atoms with van der Waals surface area (Å²) >= 11 is 0. The van der Waals surface area contributed by atoms with Gasteiger partial charge in [0, 0.05) is 12.0 Å². The zero-order valence-corrected chi connectivity index (χ0v) is 22.5. The lowest BCUT2D eigenvalue weighted by Gasteiger charge is -2.23. The van der Waals surface area contributed by atoms with E-state index in [4.69, 9.17) is 28.1 Å². The summed E-state index contributed by atoms with van der Waals surface area (Å²) in [4.78, 5) is 0. The first-order valence-corrected chi connectivity index (χ1v) is 12.0. The lowest BCUT2D eigenvalue weighted by Crippen LogP contribution is -2.21. The van der Waals surface area contributed by atoms with Gasteiger partial charge in [0.2, 0.25) is 15.5 Å². The number of hydrogen-bond donors (Lipinski definition) is 1. The molecule has 2 aromatic carbocycles. The summed E-state index contributed by atoms with van der Waals surface area (Å²) in [6.07, 6.45) is 0.0839. The number of nitrogens with zero attached hydrogens (tertiary/aromatic N) is 1. The average molecular weight is 500 g/mol. The fraction of sp³-hybridized carbons (Fsp3) is 0.423. The van der Waals surface area contributed by atoms with Crippen molar-refractivity contribution >= 4 is 26.6 Å². The molecule has 8 nitrogen and oxygen atoms in total. The SMILES string of the molecule is COc1ccc(C2=C(c3cc(OC)c(OC)c(OC)c3)/C(=N\O)CC2O[Si]C(C)(C)C)cc1OC. The summed E-state index contributed by atoms with van der Waals surface area (Å²) in [5.41, 5.74) is 3.75. The van der Waals surface area contributed by atoms with Crippen molar-refractivity contribution < 1.29 is 33.3 Å². The molecule has 188 valence electrons. The van der Waals surface area contributed by atoms with Crippen molar-refractivity contribution in [2.24, 2.45) is 5.16 Å². The second-order valence-electron chi connectivity index (χ2n) is 8.98. The predicted octanol–water partition coefficient (Wildman–Crippen LogP) is 5.10. The highest BCUT2D eigenvalue weighted by atomic mass is 28.2. The number of hydrogen-bond acceptors (Lipinski definition) is 8. The average Bonchev–Trinajstić information content (AvgIpc) is 3.24. The van der Waals surface area contributed by atoms with Crippen LogP contribution in [0.5, 0.6) is 28.7 Å². The van der Waals surface area contributed by atoms with Gasteiger partial charge < -0.3 is 33.3 Å². The number of allylic oxidation sites excluding steroid dienone is 1. The van der Waals surface area contributed by atoms with Crippen molar-refractivity contribution in [3.8, 4) is 28.7 Å². The van der Waals surface area contributed by atoms with Gasteiger partial charge in [0.25, 0.3) is 0 Å². The summed E-state index contributed by atoms with van der Waals surface area (Å²) in [6, 6.07) is 9.40. The minimum absolute atomic E-state index is 0.0193. The Morgan fingerprint density at radius 3 is 1.86 bits per heavy atom. The molecule has 0 saturated heterocycles. The van der Waals surface area contributed by atoms with Crippen molar-refractivity contribution in [2.75, 3.05) is 35.5 Å². The molecule has 1 atom stereocenters. The minimum Gasteiger partial charge on any atom is -0.493 e. The van der Waals surface area contributed by atoms with Gasteiger partial charge in [-0.15, -0.1) is 0 Å². The lowest BCUT2D eigenvalue weighted by molar-refractivity contribution is 0.269. The zero-order valence-electron chi connectivity index (χ0n) is 21.5. The van der Waals surface area contributed by atoms with Crippen LogP contribution >= 0.6 is 0 Å². The summed E-state index contributed by atoms with van der Waals surface area (Å²) in [7, 11) is 8.12. The second-order valence-corrected chi connectivity index (χ2v) is 10.9. The van der Waals surface area contributed by atoms with Gasteiger partial charge in [-0.3, -0.25) is 0 Å². The molecule has 2 aromatic rings. The predicted molar refractivity (Wildman–Crippen MR) is 137 cm³/mol. The first-order valence-electron chi connectivity index (χ1n) is 11.1. The molecule has 0 aliphatic heterocycles. The molecule has 1 aliphatic carbocycles. The van der Waals surface area contributed by atoms with Gasteiger partial charge >= 0.3 is 0 Å². The van der Waals surface area contributed by atoms with Gasteiger partial charge in [-0.25, -0.2) is 0 Å². The highest BCUT2D eigenvalue weighted by Gasteiger charge is 2.36. The van der Waals surface area contributed by atoms with Crippen molar-refractivity contribution in [2.45, 2.75) is 38.3 Å². The van der Waals surface area contributed by atoms with Gasteiger partial charge in [-0.05, 0) is 46.0 Å². The van der Waals surface area contributed by atoms with Gasteiger partial charge in [0.05, 0.1) is 47.4 Å². The Hall–Kier alpha value is -3.17. The quantitative estimate of drug-likeness (QED) is 0.292. The van der Waals surface area contributed by atoms with Crippen molar-refractivity contribution in [3.05, 3.63) is 41.5 Å². The molecule has 1 N–H and O–H groups in total. The molecule has 0 spiro atoms. The van der Waals surface area contributed by atoms with Crippen LogP contribution in [0.3, 0.4) is 0 Å². The fourth-order valence-corrected chi connectivity index (χ4v) is 4.71. The van der Waals surface area contributed by atoms with E-state index >= 15 is 0 Å². The molecule has 9 heteroatoms. The Morgan fingerprint density at radius 2 is 1.37 bits per heavy atom. The molecular formula is C26H33NO7Si. The lowest BCUT2D eigenvalue weighted by atomic mass is 9.94. The number of oxime groups is 1. The Morgan fingerprint density at radius 1 is 0.800 bits per heavy atom. The summed E-state index contributed by atoms with van der Waals surface area (Å²) in [5.74, 6) is 2.69. The van der Waals surface area contributed by atoms with E-state index in [2.05, 4.69) is 25.9 Å². The molecule has 1 aliphatic rings. The third-order valence-corrected chi connectivity index (χ3v) is 6.55. The summed E-state index contributed by atoms with van der Waals surface area (Å²) in [6.45, 7) is 6.38. The maximum Gasteiger partial charge on any atom is 0.236 e. The summed E-state index contributed by atoms with van der Waals surface area (Å²) in [5, 5.41) is 13.7. The third kappa shape index (κ3) is 5.57. The van der Waals surface area contributed by atoms with E-state index in [-0.39, 0.29) is 20.9 Å². The van der Waals surface area contributed by atoms with Gasteiger partial charge in [0.1, 0.15) is 0 Å². The number of benzene rings is 2. The molecule has 0 aromatic heterocycles. The highest BCUT2D eigenvalue weighted by molar-refractivity contribution is 6.36. The fourth-order valence-electron chi connectivity index (χ4n) is 4.02. The number of methoxy groups -OCH3 is 5. The number of rotatable bonds is 9. The largest absolute Gasteiger partial charge is 0.493 e. The molecule has 0 amide bonds. The Labute approximate surface area is 209 Å². The third-order valence-electron chi connectivity index (χ3n) is 5.53. The Kier molecular flexibility index (Phi) is 8.34. The van der Waals surface area contributed by atoms with Crippen LogP contribution in [-0.2, 0) is 4.43 Å². The van der Waals surface area contributed by atoms with Crippen LogP contribution in [0.4, 0.5) is 0 Å². The molecule has 3 rings (SSSR count). The van der Waals surface area contributed by atoms with Crippen LogP contribution in [-0.4, -0.2) is 62.3 Å². The Balaban J connectivity index is 2.30. The standard InChI is InChI=1S/C26H33NO7Si/c1-26(2,3)35-34-20-14-17(27-28)23(16-12-21(31-6)25(33-8)22(13-16)32-7)24(20)15-9-10-18(29-4)19(11-15)30-5/h9-13,20,28H,14H2,1-8H3/b27-17-. The van der Waals surface area contributed by atoms with Crippen molar-refractivity contribution in [3.63, 3.8) is 0 Å². The molecule has 2 radical (unpaired) electrons. The van der Waals surface area contributed by atoms with Gasteiger partial charge in [0.15, 0.2) is 23.0 Å². The van der Waals surface area contributed by atoms with E-state index in [1.165, 1.54) is 0 Å². The van der Waals surface area contributed by atoms with E-state index in [9.17, 15) is 5.21 Å². The first-order chi connectivity index (χ1) is 16.7. The zero-order chi connectivity index (χ0) is 25.8. The van der Waals surface area contributed by atoms with Gasteiger partial charge in [-0.1, -0.05) is 32.0 Å². The molecule has 0 saturated carbocycles.